The van der Waals surface area contributed by atoms with E-state index in [2.05, 4.69) is 13.1 Å². The standard InChI is InChI=1S/C7H14O3Si/c1-3-7(8)9-5-4-6-10-11-2/h3H,1,4-6,11H2,2H3. The largest absolute Gasteiger partial charge is 0.462 e. The Balaban J connectivity index is 3.01. The lowest BCUT2D eigenvalue weighted by molar-refractivity contribution is -0.137. The number of carbonyl (C=O) groups is 1. The van der Waals surface area contributed by atoms with E-state index in [0.29, 0.717) is 13.2 Å². The molecular weight excluding hydrogens is 160 g/mol. The van der Waals surface area contributed by atoms with Crippen molar-refractivity contribution in [3.63, 3.8) is 0 Å². The van der Waals surface area contributed by atoms with Gasteiger partial charge in [0.25, 0.3) is 0 Å². The minimum atomic E-state index is -0.362. The predicted octanol–water partition coefficient (Wildman–Crippen LogP) is 0.254. The van der Waals surface area contributed by atoms with Crippen LogP contribution < -0.4 is 0 Å². The number of ether oxygens (including phenoxy) is 1. The van der Waals surface area contributed by atoms with Gasteiger partial charge in [0.1, 0.15) is 0 Å². The summed E-state index contributed by atoms with van der Waals surface area (Å²) in [6.07, 6.45) is 1.94. The van der Waals surface area contributed by atoms with E-state index in [4.69, 9.17) is 9.16 Å². The number of hydrogen-bond acceptors (Lipinski definition) is 3. The molecule has 0 aliphatic carbocycles. The third-order valence-electron chi connectivity index (χ3n) is 1.05. The van der Waals surface area contributed by atoms with Crippen LogP contribution in [0.4, 0.5) is 0 Å². The zero-order chi connectivity index (χ0) is 8.53. The molecule has 0 rings (SSSR count). The highest BCUT2D eigenvalue weighted by molar-refractivity contribution is 6.24. The molecule has 0 spiro atoms. The van der Waals surface area contributed by atoms with Gasteiger partial charge in [-0.15, -0.1) is 0 Å². The van der Waals surface area contributed by atoms with Gasteiger partial charge in [-0.3, -0.25) is 0 Å². The van der Waals surface area contributed by atoms with Gasteiger partial charge in [-0.2, -0.15) is 0 Å². The molecule has 0 saturated heterocycles. The van der Waals surface area contributed by atoms with Gasteiger partial charge in [0, 0.05) is 19.1 Å². The van der Waals surface area contributed by atoms with Gasteiger partial charge in [0.05, 0.1) is 6.61 Å². The molecule has 0 fully saturated rings. The van der Waals surface area contributed by atoms with Crippen molar-refractivity contribution in [1.82, 2.24) is 0 Å². The molecule has 64 valence electrons. The first-order chi connectivity index (χ1) is 5.31. The minimum absolute atomic E-state index is 0.299. The van der Waals surface area contributed by atoms with Gasteiger partial charge >= 0.3 is 5.97 Å². The molecule has 0 heterocycles. The van der Waals surface area contributed by atoms with Crippen LogP contribution in [0.25, 0.3) is 0 Å². The van der Waals surface area contributed by atoms with Gasteiger partial charge < -0.3 is 9.16 Å². The van der Waals surface area contributed by atoms with Crippen molar-refractivity contribution in [3.05, 3.63) is 12.7 Å². The second kappa shape index (κ2) is 7.49. The molecule has 0 unspecified atom stereocenters. The lowest BCUT2D eigenvalue weighted by Crippen LogP contribution is -2.05. The Bertz CT molecular complexity index is 125. The van der Waals surface area contributed by atoms with Crippen LogP contribution in [-0.4, -0.2) is 28.9 Å². The Morgan fingerprint density at radius 2 is 2.36 bits per heavy atom. The van der Waals surface area contributed by atoms with E-state index in [1.54, 1.807) is 0 Å². The Hall–Kier alpha value is -0.613. The molecule has 0 aliphatic rings. The average Bonchev–Trinajstić information content (AvgIpc) is 2.04. The Morgan fingerprint density at radius 3 is 2.91 bits per heavy atom. The molecule has 0 saturated carbocycles. The summed E-state index contributed by atoms with van der Waals surface area (Å²) in [7, 11) is -0.299. The van der Waals surface area contributed by atoms with Gasteiger partial charge in [-0.05, 0) is 0 Å². The first kappa shape index (κ1) is 10.4. The molecule has 0 atom stereocenters. The van der Waals surface area contributed by atoms with Crippen LogP contribution in [0.15, 0.2) is 12.7 Å². The van der Waals surface area contributed by atoms with E-state index in [-0.39, 0.29) is 15.7 Å². The smallest absolute Gasteiger partial charge is 0.330 e. The van der Waals surface area contributed by atoms with E-state index in [1.807, 2.05) is 0 Å². The third kappa shape index (κ3) is 7.28. The minimum Gasteiger partial charge on any atom is -0.462 e. The molecule has 0 aromatic heterocycles. The molecule has 0 amide bonds. The molecule has 0 N–H and O–H groups in total. The fourth-order valence-corrected chi connectivity index (χ4v) is 1.03. The summed E-state index contributed by atoms with van der Waals surface area (Å²) in [6, 6.07) is 0. The maximum absolute atomic E-state index is 10.5. The van der Waals surface area contributed by atoms with E-state index >= 15 is 0 Å². The van der Waals surface area contributed by atoms with Crippen LogP contribution in [0.5, 0.6) is 0 Å². The molecule has 0 radical (unpaired) electrons. The third-order valence-corrected chi connectivity index (χ3v) is 1.75. The topological polar surface area (TPSA) is 35.5 Å². The van der Waals surface area contributed by atoms with Crippen molar-refractivity contribution >= 4 is 15.7 Å². The fraction of sp³-hybridized carbons (Fsp3) is 0.571. The second-order valence-corrected chi connectivity index (χ2v) is 2.91. The van der Waals surface area contributed by atoms with Crippen LogP contribution in [-0.2, 0) is 14.0 Å². The van der Waals surface area contributed by atoms with Gasteiger partial charge in [0.2, 0.25) is 0 Å². The molecule has 0 aliphatic heterocycles. The van der Waals surface area contributed by atoms with E-state index < -0.39 is 0 Å². The van der Waals surface area contributed by atoms with Crippen molar-refractivity contribution < 1.29 is 14.0 Å². The lowest BCUT2D eigenvalue weighted by Gasteiger charge is -2.01. The summed E-state index contributed by atoms with van der Waals surface area (Å²) in [5.74, 6) is -0.362. The average molecular weight is 174 g/mol. The summed E-state index contributed by atoms with van der Waals surface area (Å²) >= 11 is 0. The van der Waals surface area contributed by atoms with Crippen LogP contribution in [0, 0.1) is 0 Å². The van der Waals surface area contributed by atoms with Gasteiger partial charge in [-0.25, -0.2) is 4.79 Å². The Kier molecular flexibility index (Phi) is 7.08. The molecule has 11 heavy (non-hydrogen) atoms. The van der Waals surface area contributed by atoms with E-state index in [9.17, 15) is 4.79 Å². The van der Waals surface area contributed by atoms with Crippen LogP contribution >= 0.6 is 0 Å². The zero-order valence-corrected chi connectivity index (χ0v) is 8.25. The maximum atomic E-state index is 10.5. The van der Waals surface area contributed by atoms with Gasteiger partial charge in [0.15, 0.2) is 9.76 Å². The molecule has 4 heteroatoms. The number of carbonyl (C=O) groups excluding carboxylic acids is 1. The zero-order valence-electron chi connectivity index (χ0n) is 6.84. The summed E-state index contributed by atoms with van der Waals surface area (Å²) in [5, 5.41) is 0. The van der Waals surface area contributed by atoms with E-state index in [1.165, 1.54) is 0 Å². The Morgan fingerprint density at radius 1 is 1.64 bits per heavy atom. The maximum Gasteiger partial charge on any atom is 0.330 e. The summed E-state index contributed by atoms with van der Waals surface area (Å²) in [4.78, 5) is 10.5. The van der Waals surface area contributed by atoms with Gasteiger partial charge in [-0.1, -0.05) is 13.1 Å². The summed E-state index contributed by atoms with van der Waals surface area (Å²) in [6.45, 7) is 6.47. The lowest BCUT2D eigenvalue weighted by atomic mass is 10.5. The predicted molar refractivity (Wildman–Crippen MR) is 46.1 cm³/mol. The Labute approximate surface area is 69.3 Å². The monoisotopic (exact) mass is 174 g/mol. The fourth-order valence-electron chi connectivity index (χ4n) is 0.537. The van der Waals surface area contributed by atoms with Crippen LogP contribution in [0.2, 0.25) is 6.55 Å². The quantitative estimate of drug-likeness (QED) is 0.251. The molecule has 3 nitrogen and oxygen atoms in total. The van der Waals surface area contributed by atoms with Crippen LogP contribution in [0.1, 0.15) is 6.42 Å². The summed E-state index contributed by atoms with van der Waals surface area (Å²) < 4.78 is 9.89. The molecule has 0 bridgehead atoms. The van der Waals surface area contributed by atoms with E-state index in [0.717, 1.165) is 12.5 Å². The molecule has 0 aromatic carbocycles. The SMILES string of the molecule is C=CC(=O)OCCCO[SiH2]C. The number of esters is 1. The first-order valence-corrected chi connectivity index (χ1v) is 5.67. The number of hydrogen-bond donors (Lipinski definition) is 0. The first-order valence-electron chi connectivity index (χ1n) is 3.68. The second-order valence-electron chi connectivity index (χ2n) is 1.92. The number of rotatable bonds is 6. The van der Waals surface area contributed by atoms with Crippen molar-refractivity contribution in [2.45, 2.75) is 13.0 Å². The van der Waals surface area contributed by atoms with Crippen molar-refractivity contribution in [2.24, 2.45) is 0 Å². The highest BCUT2D eigenvalue weighted by atomic mass is 28.2. The highest BCUT2D eigenvalue weighted by Gasteiger charge is 1.93. The van der Waals surface area contributed by atoms with Crippen molar-refractivity contribution in [2.75, 3.05) is 13.2 Å². The normalized spacial score (nSPS) is 10.3. The van der Waals surface area contributed by atoms with Crippen molar-refractivity contribution in [3.8, 4) is 0 Å². The molecule has 0 aromatic rings. The molecular formula is C7H14O3Si. The van der Waals surface area contributed by atoms with Crippen LogP contribution in [0.3, 0.4) is 0 Å². The van der Waals surface area contributed by atoms with Crippen molar-refractivity contribution in [1.29, 1.82) is 0 Å². The highest BCUT2D eigenvalue weighted by Crippen LogP contribution is 1.85. The summed E-state index contributed by atoms with van der Waals surface area (Å²) in [5.41, 5.74) is 0.